The van der Waals surface area contributed by atoms with Crippen LogP contribution in [0.25, 0.3) is 0 Å². The summed E-state index contributed by atoms with van der Waals surface area (Å²) in [5.74, 6) is 0.695. The van der Waals surface area contributed by atoms with Crippen LogP contribution < -0.4 is 15.4 Å². The molecule has 2 aromatic rings. The number of ether oxygens (including phenoxy) is 1. The zero-order chi connectivity index (χ0) is 18.9. The fourth-order valence-electron chi connectivity index (χ4n) is 2.20. The molecule has 0 bridgehead atoms. The van der Waals surface area contributed by atoms with Crippen molar-refractivity contribution in [2.24, 2.45) is 0 Å². The van der Waals surface area contributed by atoms with Gasteiger partial charge in [-0.2, -0.15) is 0 Å². The number of hydrogen-bond acceptors (Lipinski definition) is 4. The van der Waals surface area contributed by atoms with Crippen LogP contribution in [0.5, 0.6) is 5.75 Å². The van der Waals surface area contributed by atoms with Crippen LogP contribution in [0.1, 0.15) is 30.6 Å². The van der Waals surface area contributed by atoms with Crippen molar-refractivity contribution in [2.45, 2.75) is 31.2 Å². The molecule has 2 aromatic carbocycles. The molecular formula is C20H24N2O3S. The third kappa shape index (κ3) is 5.81. The molecule has 0 saturated carbocycles. The van der Waals surface area contributed by atoms with Gasteiger partial charge in [-0.3, -0.25) is 9.59 Å². The standard InChI is InChI=1S/C20H24N2O3S/c1-4-14(2)21-20(24)17-7-5-6-8-18(17)22-19(23)13-26-16-11-9-15(25-3)10-12-16/h5-12,14H,4,13H2,1-3H3,(H,21,24)(H,22,23)/t14-/m1/s1. The van der Waals surface area contributed by atoms with E-state index < -0.39 is 0 Å². The van der Waals surface area contributed by atoms with Crippen molar-refractivity contribution in [1.82, 2.24) is 5.32 Å². The molecule has 138 valence electrons. The average Bonchev–Trinajstić information content (AvgIpc) is 2.67. The van der Waals surface area contributed by atoms with Crippen LogP contribution in [0, 0.1) is 0 Å². The summed E-state index contributed by atoms with van der Waals surface area (Å²) in [4.78, 5) is 25.6. The smallest absolute Gasteiger partial charge is 0.253 e. The van der Waals surface area contributed by atoms with E-state index in [9.17, 15) is 9.59 Å². The Hall–Kier alpha value is -2.47. The number of rotatable bonds is 8. The van der Waals surface area contributed by atoms with Crippen LogP contribution in [0.4, 0.5) is 5.69 Å². The number of para-hydroxylation sites is 1. The van der Waals surface area contributed by atoms with E-state index >= 15 is 0 Å². The quantitative estimate of drug-likeness (QED) is 0.689. The van der Waals surface area contributed by atoms with Gasteiger partial charge in [-0.25, -0.2) is 0 Å². The molecule has 2 amide bonds. The van der Waals surface area contributed by atoms with Crippen molar-refractivity contribution in [3.05, 3.63) is 54.1 Å². The minimum atomic E-state index is -0.182. The molecule has 0 fully saturated rings. The third-order valence-electron chi connectivity index (χ3n) is 3.87. The molecule has 0 unspecified atom stereocenters. The number of carbonyl (C=O) groups is 2. The molecular weight excluding hydrogens is 348 g/mol. The van der Waals surface area contributed by atoms with E-state index in [1.54, 1.807) is 31.4 Å². The molecule has 2 N–H and O–H groups in total. The van der Waals surface area contributed by atoms with Gasteiger partial charge in [0.15, 0.2) is 0 Å². The van der Waals surface area contributed by atoms with Crippen molar-refractivity contribution in [3.63, 3.8) is 0 Å². The highest BCUT2D eigenvalue weighted by Crippen LogP contribution is 2.22. The molecule has 0 aromatic heterocycles. The molecule has 1 atom stereocenters. The lowest BCUT2D eigenvalue weighted by atomic mass is 10.1. The average molecular weight is 372 g/mol. The van der Waals surface area contributed by atoms with Crippen molar-refractivity contribution < 1.29 is 14.3 Å². The SMILES string of the molecule is CC[C@@H](C)NC(=O)c1ccccc1NC(=O)CSc1ccc(OC)cc1. The molecule has 0 aliphatic carbocycles. The summed E-state index contributed by atoms with van der Waals surface area (Å²) in [6.07, 6.45) is 0.846. The predicted octanol–water partition coefficient (Wildman–Crippen LogP) is 3.95. The third-order valence-corrected chi connectivity index (χ3v) is 4.88. The molecule has 0 aliphatic rings. The first-order valence-corrected chi connectivity index (χ1v) is 9.48. The molecule has 0 heterocycles. The Balaban J connectivity index is 1.96. The summed E-state index contributed by atoms with van der Waals surface area (Å²) >= 11 is 1.43. The highest BCUT2D eigenvalue weighted by atomic mass is 32.2. The predicted molar refractivity (Wildman–Crippen MR) is 106 cm³/mol. The minimum absolute atomic E-state index is 0.0804. The van der Waals surface area contributed by atoms with Crippen LogP contribution in [-0.4, -0.2) is 30.7 Å². The van der Waals surface area contributed by atoms with Gasteiger partial charge < -0.3 is 15.4 Å². The van der Waals surface area contributed by atoms with E-state index in [0.29, 0.717) is 11.3 Å². The molecule has 0 spiro atoms. The van der Waals surface area contributed by atoms with E-state index in [1.165, 1.54) is 11.8 Å². The Bertz CT molecular complexity index is 747. The van der Waals surface area contributed by atoms with E-state index in [4.69, 9.17) is 4.74 Å². The summed E-state index contributed by atoms with van der Waals surface area (Å²) < 4.78 is 5.12. The summed E-state index contributed by atoms with van der Waals surface area (Å²) in [5.41, 5.74) is 0.990. The van der Waals surface area contributed by atoms with E-state index in [-0.39, 0.29) is 23.6 Å². The first kappa shape index (κ1) is 19.8. The van der Waals surface area contributed by atoms with E-state index in [0.717, 1.165) is 17.1 Å². The van der Waals surface area contributed by atoms with Crippen LogP contribution in [0.2, 0.25) is 0 Å². The van der Waals surface area contributed by atoms with Crippen molar-refractivity contribution >= 4 is 29.3 Å². The zero-order valence-electron chi connectivity index (χ0n) is 15.2. The Morgan fingerprint density at radius 1 is 1.12 bits per heavy atom. The fourth-order valence-corrected chi connectivity index (χ4v) is 2.90. The van der Waals surface area contributed by atoms with Crippen molar-refractivity contribution in [1.29, 1.82) is 0 Å². The highest BCUT2D eigenvalue weighted by Gasteiger charge is 2.14. The lowest BCUT2D eigenvalue weighted by Crippen LogP contribution is -2.32. The minimum Gasteiger partial charge on any atom is -0.497 e. The van der Waals surface area contributed by atoms with Crippen LogP contribution in [0.15, 0.2) is 53.4 Å². The number of benzene rings is 2. The molecule has 0 radical (unpaired) electrons. The van der Waals surface area contributed by atoms with Gasteiger partial charge in [0.1, 0.15) is 5.75 Å². The zero-order valence-corrected chi connectivity index (χ0v) is 16.1. The molecule has 2 rings (SSSR count). The topological polar surface area (TPSA) is 67.4 Å². The number of amides is 2. The van der Waals surface area contributed by atoms with Gasteiger partial charge in [-0.15, -0.1) is 11.8 Å². The number of thioether (sulfide) groups is 1. The Morgan fingerprint density at radius 2 is 1.81 bits per heavy atom. The maximum Gasteiger partial charge on any atom is 0.253 e. The normalized spacial score (nSPS) is 11.5. The summed E-state index contributed by atoms with van der Waals surface area (Å²) in [7, 11) is 1.62. The van der Waals surface area contributed by atoms with Crippen LogP contribution in [-0.2, 0) is 4.79 Å². The number of carbonyl (C=O) groups excluding carboxylic acids is 2. The van der Waals surface area contributed by atoms with Gasteiger partial charge in [0.25, 0.3) is 5.91 Å². The van der Waals surface area contributed by atoms with Gasteiger partial charge >= 0.3 is 0 Å². The highest BCUT2D eigenvalue weighted by molar-refractivity contribution is 8.00. The first-order valence-electron chi connectivity index (χ1n) is 8.50. The Labute approximate surface area is 158 Å². The van der Waals surface area contributed by atoms with Crippen LogP contribution in [0.3, 0.4) is 0 Å². The maximum absolute atomic E-state index is 12.4. The number of anilines is 1. The molecule has 0 aliphatic heterocycles. The monoisotopic (exact) mass is 372 g/mol. The summed E-state index contributed by atoms with van der Waals surface area (Å²) in [6, 6.07) is 14.6. The van der Waals surface area contributed by atoms with Gasteiger partial charge in [0.05, 0.1) is 24.1 Å². The van der Waals surface area contributed by atoms with Gasteiger partial charge in [0, 0.05) is 10.9 Å². The number of hydrogen-bond donors (Lipinski definition) is 2. The summed E-state index contributed by atoms with van der Waals surface area (Å²) in [5, 5.41) is 5.75. The molecule has 6 heteroatoms. The Kier molecular flexibility index (Phi) is 7.53. The van der Waals surface area contributed by atoms with Gasteiger partial charge in [-0.1, -0.05) is 19.1 Å². The second kappa shape index (κ2) is 9.87. The lowest BCUT2D eigenvalue weighted by Gasteiger charge is -2.14. The summed E-state index contributed by atoms with van der Waals surface area (Å²) in [6.45, 7) is 3.96. The van der Waals surface area contributed by atoms with Crippen molar-refractivity contribution in [3.8, 4) is 5.75 Å². The number of methoxy groups -OCH3 is 1. The van der Waals surface area contributed by atoms with Crippen LogP contribution >= 0.6 is 11.8 Å². The molecule has 0 saturated heterocycles. The molecule has 26 heavy (non-hydrogen) atoms. The van der Waals surface area contributed by atoms with Gasteiger partial charge in [-0.05, 0) is 49.7 Å². The second-order valence-corrected chi connectivity index (χ2v) is 6.89. The lowest BCUT2D eigenvalue weighted by molar-refractivity contribution is -0.113. The van der Waals surface area contributed by atoms with E-state index in [2.05, 4.69) is 10.6 Å². The second-order valence-electron chi connectivity index (χ2n) is 5.84. The van der Waals surface area contributed by atoms with Crippen molar-refractivity contribution in [2.75, 3.05) is 18.2 Å². The first-order chi connectivity index (χ1) is 12.5. The van der Waals surface area contributed by atoms with E-state index in [1.807, 2.05) is 38.1 Å². The van der Waals surface area contributed by atoms with Gasteiger partial charge in [0.2, 0.25) is 5.91 Å². The maximum atomic E-state index is 12.4. The molecule has 5 nitrogen and oxygen atoms in total. The Morgan fingerprint density at radius 3 is 2.46 bits per heavy atom. The number of nitrogens with one attached hydrogen (secondary N) is 2. The fraction of sp³-hybridized carbons (Fsp3) is 0.300. The largest absolute Gasteiger partial charge is 0.497 e.